The van der Waals surface area contributed by atoms with Crippen LogP contribution in [0, 0.1) is 17.7 Å². The highest BCUT2D eigenvalue weighted by Gasteiger charge is 2.38. The summed E-state index contributed by atoms with van der Waals surface area (Å²) in [4.78, 5) is 32.8. The Balaban J connectivity index is 0.000000561. The lowest BCUT2D eigenvalue weighted by Gasteiger charge is -2.27. The van der Waals surface area contributed by atoms with Crippen LogP contribution in [0.1, 0.15) is 16.9 Å². The van der Waals surface area contributed by atoms with Gasteiger partial charge in [0.05, 0.1) is 52.6 Å². The normalized spacial score (nSPS) is 17.5. The molecule has 2 atom stereocenters. The number of carbonyl (C=O) groups is 2. The minimum Gasteiger partial charge on any atom is -0.475 e. The first-order valence-corrected chi connectivity index (χ1v) is 16.1. The molecule has 3 N–H and O–H groups in total. The van der Waals surface area contributed by atoms with E-state index in [1.165, 1.54) is 23.7 Å². The van der Waals surface area contributed by atoms with Crippen LogP contribution in [0.2, 0.25) is 0 Å². The summed E-state index contributed by atoms with van der Waals surface area (Å²) in [5.74, 6) is 4.23. The van der Waals surface area contributed by atoms with Crippen LogP contribution in [0.4, 0.5) is 33.9 Å². The van der Waals surface area contributed by atoms with Gasteiger partial charge in [0.2, 0.25) is 0 Å². The van der Waals surface area contributed by atoms with E-state index in [0.717, 1.165) is 31.7 Å². The van der Waals surface area contributed by atoms with Crippen LogP contribution in [0.15, 0.2) is 61.1 Å². The molecule has 0 radical (unpaired) electrons. The van der Waals surface area contributed by atoms with Gasteiger partial charge in [0, 0.05) is 42.7 Å². The number of carboxylic acid groups (broad SMARTS) is 1. The van der Waals surface area contributed by atoms with Crippen LogP contribution in [-0.2, 0) is 20.8 Å². The van der Waals surface area contributed by atoms with Crippen LogP contribution in [0.5, 0.6) is 0 Å². The molecule has 2 aromatic carbocycles. The third-order valence-corrected chi connectivity index (χ3v) is 8.78. The number of thiophene rings is 1. The molecule has 2 aliphatic rings. The van der Waals surface area contributed by atoms with Crippen LogP contribution in [0.3, 0.4) is 0 Å². The van der Waals surface area contributed by atoms with Crippen molar-refractivity contribution in [3.05, 3.63) is 77.3 Å². The number of fused-ring (bicyclic) bond motifs is 2. The Morgan fingerprint density at radius 1 is 1.14 bits per heavy atom. The Hall–Kier alpha value is -5.31. The van der Waals surface area contributed by atoms with E-state index in [2.05, 4.69) is 37.5 Å². The van der Waals surface area contributed by atoms with Crippen molar-refractivity contribution < 1.29 is 41.7 Å². The van der Waals surface area contributed by atoms with Crippen LogP contribution in [-0.4, -0.2) is 93.0 Å². The monoisotopic (exact) mass is 711 g/mol. The summed E-state index contributed by atoms with van der Waals surface area (Å²) in [6.45, 7) is 3.14. The molecule has 17 heteroatoms. The zero-order valence-corrected chi connectivity index (χ0v) is 26.9. The summed E-state index contributed by atoms with van der Waals surface area (Å²) in [6, 6.07) is 14.5. The van der Waals surface area contributed by atoms with Gasteiger partial charge in [0.15, 0.2) is 5.82 Å². The number of carbonyl (C=O) groups excluding carboxylic acids is 1. The fourth-order valence-corrected chi connectivity index (χ4v) is 6.16. The molecule has 260 valence electrons. The van der Waals surface area contributed by atoms with Gasteiger partial charge in [0.25, 0.3) is 0 Å². The number of anilines is 2. The van der Waals surface area contributed by atoms with Crippen LogP contribution >= 0.6 is 11.3 Å². The smallest absolute Gasteiger partial charge is 0.475 e. The summed E-state index contributed by atoms with van der Waals surface area (Å²) in [5.41, 5.74) is 3.16. The minimum atomic E-state index is -5.08. The SMILES string of the molecule is O=C(O)C(F)(F)F.O=C(O[C@H]1CN[C@H](C#Cc2cc3ncnc(Nc4ccc5c(cnn5Cc5ccccc5F)c4)c3s2)C1)N1CCOCC1. The number of benzene rings is 2. The highest BCUT2D eigenvalue weighted by molar-refractivity contribution is 7.20. The predicted octanol–water partition coefficient (Wildman–Crippen LogP) is 5.16. The molecule has 0 unspecified atom stereocenters. The number of amides is 1. The van der Waals surface area contributed by atoms with Gasteiger partial charge < -0.3 is 24.8 Å². The second kappa shape index (κ2) is 15.1. The number of halogens is 4. The molecular formula is C33H29F4N7O5S. The molecule has 2 saturated heterocycles. The van der Waals surface area contributed by atoms with E-state index in [4.69, 9.17) is 19.4 Å². The number of nitrogens with one attached hydrogen (secondary N) is 2. The maximum atomic E-state index is 14.2. The van der Waals surface area contributed by atoms with E-state index in [-0.39, 0.29) is 24.1 Å². The number of aromatic nitrogens is 4. The van der Waals surface area contributed by atoms with Crippen LogP contribution in [0.25, 0.3) is 21.1 Å². The maximum Gasteiger partial charge on any atom is 0.490 e. The fourth-order valence-electron chi connectivity index (χ4n) is 5.24. The lowest BCUT2D eigenvalue weighted by Crippen LogP contribution is -2.42. The van der Waals surface area contributed by atoms with Crippen molar-refractivity contribution in [1.82, 2.24) is 30.0 Å². The van der Waals surface area contributed by atoms with Crippen molar-refractivity contribution in [3.8, 4) is 11.8 Å². The molecule has 5 aromatic rings. The molecule has 5 heterocycles. The summed E-state index contributed by atoms with van der Waals surface area (Å²) >= 11 is 1.52. The van der Waals surface area contributed by atoms with Gasteiger partial charge in [-0.1, -0.05) is 30.0 Å². The minimum absolute atomic E-state index is 0.0672. The molecule has 50 heavy (non-hydrogen) atoms. The first-order valence-electron chi connectivity index (χ1n) is 15.3. The molecule has 0 aliphatic carbocycles. The van der Waals surface area contributed by atoms with Gasteiger partial charge in [-0.2, -0.15) is 18.3 Å². The Morgan fingerprint density at radius 3 is 2.68 bits per heavy atom. The number of morpholine rings is 1. The van der Waals surface area contributed by atoms with Gasteiger partial charge in [-0.05, 0) is 30.3 Å². The van der Waals surface area contributed by atoms with Crippen molar-refractivity contribution in [2.75, 3.05) is 38.2 Å². The molecule has 2 fully saturated rings. The molecule has 0 spiro atoms. The third-order valence-electron chi connectivity index (χ3n) is 7.73. The second-order valence-electron chi connectivity index (χ2n) is 11.2. The Bertz CT molecular complexity index is 2070. The molecule has 12 nitrogen and oxygen atoms in total. The number of hydrogen-bond acceptors (Lipinski definition) is 10. The Labute approximate surface area is 286 Å². The molecule has 0 bridgehead atoms. The van der Waals surface area contributed by atoms with Crippen molar-refractivity contribution in [1.29, 1.82) is 0 Å². The summed E-state index contributed by atoms with van der Waals surface area (Å²) in [7, 11) is 0. The van der Waals surface area contributed by atoms with Gasteiger partial charge in [-0.15, -0.1) is 11.3 Å². The van der Waals surface area contributed by atoms with Crippen molar-refractivity contribution in [3.63, 3.8) is 0 Å². The molecule has 1 amide bonds. The number of alkyl halides is 3. The first kappa shape index (κ1) is 34.5. The lowest BCUT2D eigenvalue weighted by atomic mass is 10.2. The van der Waals surface area contributed by atoms with Crippen molar-refractivity contribution >= 4 is 56.0 Å². The second-order valence-corrected chi connectivity index (χ2v) is 12.3. The van der Waals surface area contributed by atoms with E-state index in [0.29, 0.717) is 57.2 Å². The van der Waals surface area contributed by atoms with Crippen molar-refractivity contribution in [2.45, 2.75) is 31.3 Å². The molecule has 3 aromatic heterocycles. The Kier molecular flexibility index (Phi) is 10.4. The largest absolute Gasteiger partial charge is 0.490 e. The van der Waals surface area contributed by atoms with E-state index in [1.807, 2.05) is 30.3 Å². The lowest BCUT2D eigenvalue weighted by molar-refractivity contribution is -0.192. The molecular weight excluding hydrogens is 682 g/mol. The highest BCUT2D eigenvalue weighted by Crippen LogP contribution is 2.31. The maximum absolute atomic E-state index is 14.2. The molecule has 2 aliphatic heterocycles. The number of nitrogens with zero attached hydrogens (tertiary/aromatic N) is 5. The number of carboxylic acids is 1. The van der Waals surface area contributed by atoms with E-state index < -0.39 is 12.1 Å². The zero-order chi connectivity index (χ0) is 35.3. The van der Waals surface area contributed by atoms with Crippen LogP contribution < -0.4 is 10.6 Å². The average Bonchev–Trinajstić information content (AvgIpc) is 3.84. The first-order chi connectivity index (χ1) is 24.0. The molecule has 7 rings (SSSR count). The summed E-state index contributed by atoms with van der Waals surface area (Å²) in [6.07, 6.45) is -1.63. The summed E-state index contributed by atoms with van der Waals surface area (Å²) in [5, 5.41) is 19.3. The average molecular weight is 712 g/mol. The topological polar surface area (TPSA) is 144 Å². The predicted molar refractivity (Wildman–Crippen MR) is 176 cm³/mol. The van der Waals surface area contributed by atoms with Gasteiger partial charge in [-0.3, -0.25) is 10.00 Å². The number of aliphatic carboxylic acids is 1. The highest BCUT2D eigenvalue weighted by atomic mass is 32.1. The summed E-state index contributed by atoms with van der Waals surface area (Å²) < 4.78 is 59.6. The quantitative estimate of drug-likeness (QED) is 0.165. The van der Waals surface area contributed by atoms with E-state index >= 15 is 0 Å². The number of hydrogen-bond donors (Lipinski definition) is 3. The van der Waals surface area contributed by atoms with E-state index in [1.54, 1.807) is 27.9 Å². The number of ether oxygens (including phenoxy) is 2. The fraction of sp³-hybridized carbons (Fsp3) is 0.303. The number of rotatable bonds is 5. The van der Waals surface area contributed by atoms with Gasteiger partial charge >= 0.3 is 18.2 Å². The zero-order valence-electron chi connectivity index (χ0n) is 26.1. The third kappa shape index (κ3) is 8.45. The molecule has 0 saturated carbocycles. The standard InChI is InChI=1S/C31H28FN7O3S.C2HF3O2/c32-26-4-2-1-3-20(26)18-39-28-8-6-23(13-21(28)16-36-39)37-30-29-27(34-19-35-30)15-25(43-29)7-5-22-14-24(17-33-22)42-31(40)38-9-11-41-12-10-38;3-2(4,5)1(6)7/h1-4,6,8,13,15-16,19,22,24,33H,9-12,14,17-18H2,(H,34,35,37);(H,6,7)/t22-,24-;/m1./s1. The Morgan fingerprint density at radius 2 is 1.92 bits per heavy atom. The van der Waals surface area contributed by atoms with Gasteiger partial charge in [-0.25, -0.2) is 23.9 Å². The van der Waals surface area contributed by atoms with E-state index in [9.17, 15) is 22.4 Å². The van der Waals surface area contributed by atoms with Gasteiger partial charge in [0.1, 0.15) is 18.2 Å². The van der Waals surface area contributed by atoms with Crippen molar-refractivity contribution in [2.24, 2.45) is 0 Å².